The number of hydrogen-bond acceptors (Lipinski definition) is 6. The molecular weight excluding hydrogens is 274 g/mol. The first-order valence-corrected chi connectivity index (χ1v) is 6.43. The van der Waals surface area contributed by atoms with Gasteiger partial charge in [0.25, 0.3) is 0 Å². The van der Waals surface area contributed by atoms with Gasteiger partial charge in [-0.05, 0) is 24.1 Å². The molecule has 0 aliphatic rings. The molecule has 1 aromatic carbocycles. The third-order valence-electron chi connectivity index (χ3n) is 2.89. The van der Waals surface area contributed by atoms with Crippen LogP contribution in [0.4, 0.5) is 0 Å². The Morgan fingerprint density at radius 3 is 2.76 bits per heavy atom. The fourth-order valence-electron chi connectivity index (χ4n) is 1.85. The number of nitrogens with zero attached hydrogens (tertiary/aromatic N) is 3. The second-order valence-electron chi connectivity index (χ2n) is 4.29. The van der Waals surface area contributed by atoms with Crippen molar-refractivity contribution >= 4 is 5.91 Å². The van der Waals surface area contributed by atoms with Gasteiger partial charge in [-0.2, -0.15) is 5.21 Å². The fraction of sp³-hybridized carbons (Fsp3) is 0.385. The molecule has 1 amide bonds. The summed E-state index contributed by atoms with van der Waals surface area (Å²) in [5, 5.41) is 16.0. The molecule has 0 aliphatic carbocycles. The van der Waals surface area contributed by atoms with E-state index in [0.717, 1.165) is 5.56 Å². The molecule has 0 radical (unpaired) electrons. The van der Waals surface area contributed by atoms with Crippen molar-refractivity contribution in [3.63, 3.8) is 0 Å². The molecule has 0 saturated carbocycles. The number of aromatic nitrogens is 4. The molecule has 1 heterocycles. The quantitative estimate of drug-likeness (QED) is 0.751. The summed E-state index contributed by atoms with van der Waals surface area (Å²) in [6.45, 7) is 0.520. The zero-order chi connectivity index (χ0) is 15.1. The van der Waals surface area contributed by atoms with Crippen LogP contribution in [0.3, 0.4) is 0 Å². The number of benzene rings is 1. The number of methoxy groups -OCH3 is 2. The van der Waals surface area contributed by atoms with E-state index < -0.39 is 0 Å². The number of aromatic amines is 1. The molecular formula is C13H17N5O3. The van der Waals surface area contributed by atoms with E-state index in [9.17, 15) is 4.79 Å². The minimum Gasteiger partial charge on any atom is -0.493 e. The van der Waals surface area contributed by atoms with Crippen molar-refractivity contribution in [3.8, 4) is 11.5 Å². The van der Waals surface area contributed by atoms with Crippen LogP contribution < -0.4 is 14.8 Å². The van der Waals surface area contributed by atoms with Crippen molar-refractivity contribution in [2.45, 2.75) is 12.8 Å². The predicted octanol–water partition coefficient (Wildman–Crippen LogP) is 0.118. The highest BCUT2D eigenvalue weighted by atomic mass is 16.5. The molecule has 8 nitrogen and oxygen atoms in total. The predicted molar refractivity (Wildman–Crippen MR) is 74.1 cm³/mol. The Morgan fingerprint density at radius 2 is 2.10 bits per heavy atom. The highest BCUT2D eigenvalue weighted by molar-refractivity contribution is 5.77. The summed E-state index contributed by atoms with van der Waals surface area (Å²) >= 11 is 0. The van der Waals surface area contributed by atoms with Crippen LogP contribution in [0.25, 0.3) is 0 Å². The van der Waals surface area contributed by atoms with Crippen LogP contribution in [-0.2, 0) is 17.6 Å². The molecule has 2 rings (SSSR count). The smallest absolute Gasteiger partial charge is 0.227 e. The van der Waals surface area contributed by atoms with Crippen molar-refractivity contribution in [2.75, 3.05) is 20.8 Å². The lowest BCUT2D eigenvalue weighted by Gasteiger charge is -2.10. The number of tetrazole rings is 1. The molecule has 0 bridgehead atoms. The number of ether oxygens (including phenoxy) is 2. The highest BCUT2D eigenvalue weighted by Crippen LogP contribution is 2.27. The van der Waals surface area contributed by atoms with Gasteiger partial charge in [-0.15, -0.1) is 10.2 Å². The van der Waals surface area contributed by atoms with E-state index >= 15 is 0 Å². The largest absolute Gasteiger partial charge is 0.493 e. The third-order valence-corrected chi connectivity index (χ3v) is 2.89. The van der Waals surface area contributed by atoms with Gasteiger partial charge in [0.15, 0.2) is 17.3 Å². The normalized spacial score (nSPS) is 10.2. The second-order valence-corrected chi connectivity index (χ2v) is 4.29. The first-order chi connectivity index (χ1) is 10.2. The monoisotopic (exact) mass is 291 g/mol. The van der Waals surface area contributed by atoms with Gasteiger partial charge in [-0.3, -0.25) is 4.79 Å². The third kappa shape index (κ3) is 4.16. The molecule has 0 atom stereocenters. The van der Waals surface area contributed by atoms with Gasteiger partial charge in [0.1, 0.15) is 0 Å². The Balaban J connectivity index is 1.81. The summed E-state index contributed by atoms with van der Waals surface area (Å²) in [5.41, 5.74) is 1.05. The lowest BCUT2D eigenvalue weighted by atomic mass is 10.1. The molecule has 0 spiro atoms. The Hall–Kier alpha value is -2.64. The first-order valence-electron chi connectivity index (χ1n) is 6.43. The topological polar surface area (TPSA) is 102 Å². The van der Waals surface area contributed by atoms with E-state index in [1.54, 1.807) is 14.2 Å². The van der Waals surface area contributed by atoms with E-state index in [2.05, 4.69) is 25.9 Å². The van der Waals surface area contributed by atoms with Gasteiger partial charge in [-0.25, -0.2) is 0 Å². The molecule has 21 heavy (non-hydrogen) atoms. The minimum absolute atomic E-state index is 0.114. The van der Waals surface area contributed by atoms with Crippen LogP contribution in [0.2, 0.25) is 0 Å². The Bertz CT molecular complexity index is 585. The first kappa shape index (κ1) is 14.8. The Kier molecular flexibility index (Phi) is 5.08. The number of nitrogens with one attached hydrogen (secondary N) is 2. The molecule has 112 valence electrons. The summed E-state index contributed by atoms with van der Waals surface area (Å²) in [7, 11) is 3.18. The maximum absolute atomic E-state index is 11.6. The van der Waals surface area contributed by atoms with Gasteiger partial charge in [0, 0.05) is 6.54 Å². The van der Waals surface area contributed by atoms with E-state index in [0.29, 0.717) is 30.3 Å². The van der Waals surface area contributed by atoms with Crippen molar-refractivity contribution in [1.29, 1.82) is 0 Å². The maximum Gasteiger partial charge on any atom is 0.227 e. The Labute approximate surface area is 121 Å². The van der Waals surface area contributed by atoms with Gasteiger partial charge in [0.2, 0.25) is 5.91 Å². The summed E-state index contributed by atoms with van der Waals surface area (Å²) in [6.07, 6.45) is 0.806. The molecule has 2 N–H and O–H groups in total. The lowest BCUT2D eigenvalue weighted by Crippen LogP contribution is -2.27. The summed E-state index contributed by atoms with van der Waals surface area (Å²) in [6, 6.07) is 5.67. The number of carbonyl (C=O) groups is 1. The summed E-state index contributed by atoms with van der Waals surface area (Å²) in [4.78, 5) is 11.6. The van der Waals surface area contributed by atoms with E-state index in [-0.39, 0.29) is 12.3 Å². The fourth-order valence-corrected chi connectivity index (χ4v) is 1.85. The van der Waals surface area contributed by atoms with Crippen LogP contribution >= 0.6 is 0 Å². The lowest BCUT2D eigenvalue weighted by molar-refractivity contribution is -0.120. The maximum atomic E-state index is 11.6. The number of carbonyl (C=O) groups excluding carboxylic acids is 1. The van der Waals surface area contributed by atoms with Crippen molar-refractivity contribution in [2.24, 2.45) is 0 Å². The summed E-state index contributed by atoms with van der Waals surface area (Å²) < 4.78 is 10.4. The van der Waals surface area contributed by atoms with Crippen LogP contribution in [0, 0.1) is 0 Å². The molecule has 2 aromatic rings. The number of rotatable bonds is 7. The molecule has 1 aromatic heterocycles. The van der Waals surface area contributed by atoms with Gasteiger partial charge >= 0.3 is 0 Å². The zero-order valence-corrected chi connectivity index (χ0v) is 11.9. The minimum atomic E-state index is -0.142. The molecule has 0 unspecified atom stereocenters. The summed E-state index contributed by atoms with van der Waals surface area (Å²) in [5.74, 6) is 1.59. The molecule has 0 aliphatic heterocycles. The molecule has 0 fully saturated rings. The average Bonchev–Trinajstić information content (AvgIpc) is 2.99. The van der Waals surface area contributed by atoms with Crippen molar-refractivity contribution in [3.05, 3.63) is 29.6 Å². The van der Waals surface area contributed by atoms with Crippen LogP contribution in [0.5, 0.6) is 11.5 Å². The standard InChI is InChI=1S/C13H17N5O3/c1-20-10-4-3-9(7-11(10)21-2)5-6-14-13(19)8-12-15-17-18-16-12/h3-4,7H,5-6,8H2,1-2H3,(H,14,19)(H,15,16,17,18). The average molecular weight is 291 g/mol. The van der Waals surface area contributed by atoms with Crippen LogP contribution in [0.1, 0.15) is 11.4 Å². The van der Waals surface area contributed by atoms with Gasteiger partial charge < -0.3 is 14.8 Å². The highest BCUT2D eigenvalue weighted by Gasteiger charge is 2.08. The van der Waals surface area contributed by atoms with E-state index in [1.165, 1.54) is 0 Å². The van der Waals surface area contributed by atoms with Gasteiger partial charge in [0.05, 0.1) is 20.6 Å². The van der Waals surface area contributed by atoms with E-state index in [4.69, 9.17) is 9.47 Å². The van der Waals surface area contributed by atoms with Crippen LogP contribution in [0.15, 0.2) is 18.2 Å². The number of H-pyrrole nitrogens is 1. The zero-order valence-electron chi connectivity index (χ0n) is 11.9. The SMILES string of the molecule is COc1ccc(CCNC(=O)Cc2nn[nH]n2)cc1OC. The van der Waals surface area contributed by atoms with Crippen molar-refractivity contribution in [1.82, 2.24) is 25.9 Å². The number of hydrogen-bond donors (Lipinski definition) is 2. The molecule has 0 saturated heterocycles. The Morgan fingerprint density at radius 1 is 1.29 bits per heavy atom. The second kappa shape index (κ2) is 7.22. The molecule has 8 heteroatoms. The van der Waals surface area contributed by atoms with Gasteiger partial charge in [-0.1, -0.05) is 11.3 Å². The number of amides is 1. The van der Waals surface area contributed by atoms with Crippen molar-refractivity contribution < 1.29 is 14.3 Å². The van der Waals surface area contributed by atoms with E-state index in [1.807, 2.05) is 18.2 Å². The van der Waals surface area contributed by atoms with Crippen LogP contribution in [-0.4, -0.2) is 47.3 Å².